The first-order chi connectivity index (χ1) is 14.4. The standard InChI is InChI=1S/C21H23N3O5S/c1-3-23(12-15-14-28-18-10-6-7-11-19(18)29-15)20(25)13-24-17-9-5-4-8-16(17)22-21(24)30(2,26)27/h4-11,15H,3,12-14H2,1-2H3. The molecule has 0 N–H and O–H groups in total. The molecular weight excluding hydrogens is 406 g/mol. The van der Waals surface area contributed by atoms with Crippen molar-refractivity contribution in [1.29, 1.82) is 0 Å². The zero-order chi connectivity index (χ0) is 21.3. The lowest BCUT2D eigenvalue weighted by Crippen LogP contribution is -2.44. The Balaban J connectivity index is 1.54. The first-order valence-corrected chi connectivity index (χ1v) is 11.6. The van der Waals surface area contributed by atoms with Gasteiger partial charge in [-0.05, 0) is 31.2 Å². The van der Waals surface area contributed by atoms with Crippen LogP contribution in [0.2, 0.25) is 0 Å². The highest BCUT2D eigenvalue weighted by Crippen LogP contribution is 2.31. The van der Waals surface area contributed by atoms with Gasteiger partial charge < -0.3 is 18.9 Å². The van der Waals surface area contributed by atoms with Gasteiger partial charge in [0.2, 0.25) is 20.9 Å². The van der Waals surface area contributed by atoms with Gasteiger partial charge in [-0.1, -0.05) is 24.3 Å². The molecule has 1 atom stereocenters. The predicted octanol–water partition coefficient (Wildman–Crippen LogP) is 2.13. The fourth-order valence-corrected chi connectivity index (χ4v) is 4.36. The molecule has 0 radical (unpaired) electrons. The molecule has 0 saturated heterocycles. The van der Waals surface area contributed by atoms with E-state index in [1.807, 2.05) is 31.2 Å². The van der Waals surface area contributed by atoms with Crippen molar-refractivity contribution >= 4 is 26.8 Å². The van der Waals surface area contributed by atoms with E-state index in [0.29, 0.717) is 42.2 Å². The second-order valence-corrected chi connectivity index (χ2v) is 9.08. The Hall–Kier alpha value is -3.07. The van der Waals surface area contributed by atoms with Crippen LogP contribution in [0.15, 0.2) is 53.7 Å². The van der Waals surface area contributed by atoms with E-state index in [-0.39, 0.29) is 23.7 Å². The number of benzene rings is 2. The average Bonchev–Trinajstić information content (AvgIpc) is 3.11. The number of hydrogen-bond acceptors (Lipinski definition) is 6. The molecule has 1 aliphatic heterocycles. The summed E-state index contributed by atoms with van der Waals surface area (Å²) in [5, 5.41) is -0.112. The van der Waals surface area contributed by atoms with Crippen LogP contribution in [-0.2, 0) is 21.2 Å². The molecule has 0 saturated carbocycles. The summed E-state index contributed by atoms with van der Waals surface area (Å²) in [4.78, 5) is 18.9. The molecule has 0 fully saturated rings. The van der Waals surface area contributed by atoms with Crippen LogP contribution in [0.3, 0.4) is 0 Å². The third-order valence-electron chi connectivity index (χ3n) is 4.97. The maximum atomic E-state index is 13.1. The van der Waals surface area contributed by atoms with Gasteiger partial charge in [0.1, 0.15) is 13.2 Å². The molecule has 1 amide bonds. The lowest BCUT2D eigenvalue weighted by molar-refractivity contribution is -0.133. The van der Waals surface area contributed by atoms with Gasteiger partial charge in [-0.2, -0.15) is 0 Å². The minimum Gasteiger partial charge on any atom is -0.486 e. The van der Waals surface area contributed by atoms with Crippen molar-refractivity contribution in [3.05, 3.63) is 48.5 Å². The van der Waals surface area contributed by atoms with Crippen LogP contribution < -0.4 is 9.47 Å². The number of nitrogens with zero attached hydrogens (tertiary/aromatic N) is 3. The molecule has 1 aromatic heterocycles. The van der Waals surface area contributed by atoms with Crippen molar-refractivity contribution in [2.24, 2.45) is 0 Å². The number of likely N-dealkylation sites (N-methyl/N-ethyl adjacent to an activating group) is 1. The average molecular weight is 429 g/mol. The maximum Gasteiger partial charge on any atom is 0.242 e. The van der Waals surface area contributed by atoms with Gasteiger partial charge in [0.25, 0.3) is 0 Å². The van der Waals surface area contributed by atoms with Crippen LogP contribution in [0.4, 0.5) is 0 Å². The van der Waals surface area contributed by atoms with Gasteiger partial charge in [0, 0.05) is 12.8 Å². The van der Waals surface area contributed by atoms with Crippen molar-refractivity contribution in [3.63, 3.8) is 0 Å². The van der Waals surface area contributed by atoms with Gasteiger partial charge in [0.05, 0.1) is 17.6 Å². The third kappa shape index (κ3) is 3.97. The molecule has 2 heterocycles. The van der Waals surface area contributed by atoms with E-state index in [1.165, 1.54) is 4.57 Å². The normalized spacial score (nSPS) is 15.9. The zero-order valence-electron chi connectivity index (χ0n) is 16.8. The van der Waals surface area contributed by atoms with Crippen molar-refractivity contribution in [2.45, 2.75) is 24.7 Å². The SMILES string of the molecule is CCN(CC1COc2ccccc2O1)C(=O)Cn1c(S(C)(=O)=O)nc2ccccc21. The highest BCUT2D eigenvalue weighted by atomic mass is 32.2. The highest BCUT2D eigenvalue weighted by Gasteiger charge is 2.27. The molecule has 4 rings (SSSR count). The Morgan fingerprint density at radius 1 is 1.17 bits per heavy atom. The van der Waals surface area contributed by atoms with Gasteiger partial charge in [-0.3, -0.25) is 4.79 Å². The fraction of sp³-hybridized carbons (Fsp3) is 0.333. The van der Waals surface area contributed by atoms with Gasteiger partial charge >= 0.3 is 0 Å². The second-order valence-electron chi connectivity index (χ2n) is 7.17. The Labute approximate surface area is 174 Å². The summed E-state index contributed by atoms with van der Waals surface area (Å²) in [6, 6.07) is 14.5. The predicted molar refractivity (Wildman–Crippen MR) is 111 cm³/mol. The molecule has 158 valence electrons. The number of carbonyl (C=O) groups excluding carboxylic acids is 1. The fourth-order valence-electron chi connectivity index (χ4n) is 3.53. The minimum absolute atomic E-state index is 0.112. The number of fused-ring (bicyclic) bond motifs is 2. The molecule has 30 heavy (non-hydrogen) atoms. The van der Waals surface area contributed by atoms with Crippen LogP contribution in [0.1, 0.15) is 6.92 Å². The monoisotopic (exact) mass is 429 g/mol. The smallest absolute Gasteiger partial charge is 0.242 e. The lowest BCUT2D eigenvalue weighted by Gasteiger charge is -2.31. The van der Waals surface area contributed by atoms with Crippen molar-refractivity contribution in [1.82, 2.24) is 14.5 Å². The number of para-hydroxylation sites is 4. The Kier molecular flexibility index (Phi) is 5.38. The van der Waals surface area contributed by atoms with Crippen LogP contribution in [-0.4, -0.2) is 60.8 Å². The number of imidazole rings is 1. The number of ether oxygens (including phenoxy) is 2. The molecule has 3 aromatic rings. The first kappa shape index (κ1) is 20.2. The number of carbonyl (C=O) groups is 1. The highest BCUT2D eigenvalue weighted by molar-refractivity contribution is 7.90. The van der Waals surface area contributed by atoms with E-state index in [1.54, 1.807) is 29.2 Å². The minimum atomic E-state index is -3.60. The summed E-state index contributed by atoms with van der Waals surface area (Å²) in [6.07, 6.45) is 0.787. The largest absolute Gasteiger partial charge is 0.486 e. The molecule has 1 unspecified atom stereocenters. The lowest BCUT2D eigenvalue weighted by atomic mass is 10.2. The third-order valence-corrected chi connectivity index (χ3v) is 5.95. The zero-order valence-corrected chi connectivity index (χ0v) is 17.6. The summed E-state index contributed by atoms with van der Waals surface area (Å²) in [7, 11) is -3.60. The second kappa shape index (κ2) is 7.98. The summed E-state index contributed by atoms with van der Waals surface area (Å²) in [5.41, 5.74) is 1.14. The van der Waals surface area contributed by atoms with Gasteiger partial charge in [0.15, 0.2) is 17.6 Å². The molecular formula is C21H23N3O5S. The van der Waals surface area contributed by atoms with Crippen LogP contribution >= 0.6 is 0 Å². The quantitative estimate of drug-likeness (QED) is 0.596. The molecule has 0 bridgehead atoms. The van der Waals surface area contributed by atoms with E-state index in [0.717, 1.165) is 6.26 Å². The molecule has 8 nitrogen and oxygen atoms in total. The molecule has 9 heteroatoms. The number of sulfone groups is 1. The molecule has 0 spiro atoms. The van der Waals surface area contributed by atoms with Crippen molar-refractivity contribution in [3.8, 4) is 11.5 Å². The van der Waals surface area contributed by atoms with Crippen LogP contribution in [0.25, 0.3) is 11.0 Å². The van der Waals surface area contributed by atoms with E-state index >= 15 is 0 Å². The maximum absolute atomic E-state index is 13.1. The first-order valence-electron chi connectivity index (χ1n) is 9.68. The topological polar surface area (TPSA) is 90.7 Å². The van der Waals surface area contributed by atoms with Crippen molar-refractivity contribution < 1.29 is 22.7 Å². The molecule has 1 aliphatic rings. The summed E-state index contributed by atoms with van der Waals surface area (Å²) in [6.45, 7) is 2.88. The van der Waals surface area contributed by atoms with E-state index in [9.17, 15) is 13.2 Å². The number of amides is 1. The summed E-state index contributed by atoms with van der Waals surface area (Å²) >= 11 is 0. The van der Waals surface area contributed by atoms with Crippen LogP contribution in [0, 0.1) is 0 Å². The Morgan fingerprint density at radius 2 is 1.87 bits per heavy atom. The number of hydrogen-bond donors (Lipinski definition) is 0. The summed E-state index contributed by atoms with van der Waals surface area (Å²) < 4.78 is 37.6. The number of aromatic nitrogens is 2. The van der Waals surface area contributed by atoms with Gasteiger partial charge in [-0.15, -0.1) is 0 Å². The summed E-state index contributed by atoms with van der Waals surface area (Å²) in [5.74, 6) is 1.12. The van der Waals surface area contributed by atoms with E-state index < -0.39 is 9.84 Å². The van der Waals surface area contributed by atoms with Crippen molar-refractivity contribution in [2.75, 3.05) is 26.0 Å². The van der Waals surface area contributed by atoms with E-state index in [2.05, 4.69) is 4.98 Å². The van der Waals surface area contributed by atoms with Gasteiger partial charge in [-0.25, -0.2) is 13.4 Å². The number of rotatable bonds is 6. The molecule has 2 aromatic carbocycles. The molecule has 0 aliphatic carbocycles. The Morgan fingerprint density at radius 3 is 2.60 bits per heavy atom. The van der Waals surface area contributed by atoms with E-state index in [4.69, 9.17) is 9.47 Å². The Bertz CT molecular complexity index is 1190. The van der Waals surface area contributed by atoms with Crippen LogP contribution in [0.5, 0.6) is 11.5 Å².